The van der Waals surface area contributed by atoms with E-state index >= 15 is 0 Å². The fraction of sp³-hybridized carbons (Fsp3) is 0.308. The van der Waals surface area contributed by atoms with Crippen LogP contribution in [-0.2, 0) is 0 Å². The van der Waals surface area contributed by atoms with E-state index in [-0.39, 0.29) is 12.4 Å². The predicted molar refractivity (Wildman–Crippen MR) is 72.6 cm³/mol. The van der Waals surface area contributed by atoms with Crippen molar-refractivity contribution >= 4 is 23.3 Å². The second-order valence-electron chi connectivity index (χ2n) is 4.13. The summed E-state index contributed by atoms with van der Waals surface area (Å²) in [5.41, 5.74) is 2.42. The third kappa shape index (κ3) is 2.41. The fourth-order valence-corrected chi connectivity index (χ4v) is 2.30. The molecule has 0 spiro atoms. The van der Waals surface area contributed by atoms with Gasteiger partial charge >= 0.3 is 0 Å². The lowest BCUT2D eigenvalue weighted by atomic mass is 10.0. The number of rotatable bonds is 1. The molecule has 0 unspecified atom stereocenters. The van der Waals surface area contributed by atoms with Crippen LogP contribution >= 0.6 is 12.4 Å². The largest absolute Gasteiger partial charge is 0.314 e. The second kappa shape index (κ2) is 5.45. The molecule has 2 heterocycles. The Morgan fingerprint density at radius 2 is 2.00 bits per heavy atom. The molecule has 2 N–H and O–H groups in total. The minimum absolute atomic E-state index is 0. The number of piperazine rings is 1. The van der Waals surface area contributed by atoms with Gasteiger partial charge < -0.3 is 10.6 Å². The summed E-state index contributed by atoms with van der Waals surface area (Å²) in [6, 6.07) is 10.8. The van der Waals surface area contributed by atoms with Crippen molar-refractivity contribution in [2.75, 3.05) is 19.6 Å². The first kappa shape index (κ1) is 12.3. The molecule has 4 heteroatoms. The Labute approximate surface area is 107 Å². The van der Waals surface area contributed by atoms with Crippen LogP contribution in [0.25, 0.3) is 10.9 Å². The fourth-order valence-electron chi connectivity index (χ4n) is 2.30. The summed E-state index contributed by atoms with van der Waals surface area (Å²) in [7, 11) is 0. The minimum Gasteiger partial charge on any atom is -0.314 e. The molecule has 0 radical (unpaired) electrons. The van der Waals surface area contributed by atoms with Gasteiger partial charge in [-0.3, -0.25) is 4.98 Å². The van der Waals surface area contributed by atoms with Crippen LogP contribution in [0.4, 0.5) is 0 Å². The monoisotopic (exact) mass is 249 g/mol. The molecule has 0 saturated carbocycles. The van der Waals surface area contributed by atoms with Crippen molar-refractivity contribution < 1.29 is 0 Å². The Hall–Kier alpha value is -1.16. The summed E-state index contributed by atoms with van der Waals surface area (Å²) in [6.45, 7) is 3.08. The van der Waals surface area contributed by atoms with E-state index in [4.69, 9.17) is 0 Å². The summed E-state index contributed by atoms with van der Waals surface area (Å²) in [4.78, 5) is 4.39. The topological polar surface area (TPSA) is 37.0 Å². The minimum atomic E-state index is 0. The zero-order chi connectivity index (χ0) is 10.8. The first-order chi connectivity index (χ1) is 7.95. The van der Waals surface area contributed by atoms with Crippen LogP contribution in [-0.4, -0.2) is 24.6 Å². The number of halogens is 1. The van der Waals surface area contributed by atoms with Gasteiger partial charge in [0.1, 0.15) is 0 Å². The molecule has 2 aromatic rings. The molecular formula is C13H16ClN3. The van der Waals surface area contributed by atoms with Gasteiger partial charge in [0.05, 0.1) is 5.52 Å². The van der Waals surface area contributed by atoms with E-state index in [2.05, 4.69) is 39.9 Å². The quantitative estimate of drug-likeness (QED) is 0.811. The third-order valence-corrected chi connectivity index (χ3v) is 3.10. The molecule has 1 atom stereocenters. The summed E-state index contributed by atoms with van der Waals surface area (Å²) in [5, 5.41) is 8.21. The molecule has 1 aromatic carbocycles. The first-order valence-electron chi connectivity index (χ1n) is 5.73. The van der Waals surface area contributed by atoms with Crippen LogP contribution in [0.15, 0.2) is 36.5 Å². The smallest absolute Gasteiger partial charge is 0.0705 e. The Kier molecular flexibility index (Phi) is 3.94. The zero-order valence-corrected chi connectivity index (χ0v) is 10.3. The lowest BCUT2D eigenvalue weighted by Gasteiger charge is -2.25. The average Bonchev–Trinajstić information content (AvgIpc) is 2.39. The number of benzene rings is 1. The Morgan fingerprint density at radius 1 is 1.12 bits per heavy atom. The van der Waals surface area contributed by atoms with E-state index in [1.54, 1.807) is 0 Å². The van der Waals surface area contributed by atoms with Crippen molar-refractivity contribution in [2.45, 2.75) is 6.04 Å². The highest BCUT2D eigenvalue weighted by atomic mass is 35.5. The van der Waals surface area contributed by atoms with Gasteiger partial charge in [-0.15, -0.1) is 12.4 Å². The maximum Gasteiger partial charge on any atom is 0.0705 e. The summed E-state index contributed by atoms with van der Waals surface area (Å²) < 4.78 is 0. The average molecular weight is 250 g/mol. The molecule has 1 aliphatic rings. The van der Waals surface area contributed by atoms with E-state index < -0.39 is 0 Å². The van der Waals surface area contributed by atoms with Gasteiger partial charge in [0.15, 0.2) is 0 Å². The number of aromatic nitrogens is 1. The highest BCUT2D eigenvalue weighted by molar-refractivity contribution is 5.85. The van der Waals surface area contributed by atoms with Crippen LogP contribution in [0.1, 0.15) is 11.6 Å². The molecule has 1 saturated heterocycles. The lowest BCUT2D eigenvalue weighted by Crippen LogP contribution is -2.42. The zero-order valence-electron chi connectivity index (χ0n) is 9.52. The highest BCUT2D eigenvalue weighted by Crippen LogP contribution is 2.22. The second-order valence-corrected chi connectivity index (χ2v) is 4.13. The number of fused-ring (bicyclic) bond motifs is 1. The van der Waals surface area contributed by atoms with E-state index in [0.29, 0.717) is 6.04 Å². The van der Waals surface area contributed by atoms with Gasteiger partial charge in [0, 0.05) is 37.3 Å². The molecular weight excluding hydrogens is 234 g/mol. The summed E-state index contributed by atoms with van der Waals surface area (Å²) >= 11 is 0. The SMILES string of the molecule is Cl.c1ccc2c([C@H]3CNCCN3)ccnc2c1. The first-order valence-corrected chi connectivity index (χ1v) is 5.73. The summed E-state index contributed by atoms with van der Waals surface area (Å²) in [6.07, 6.45) is 1.90. The van der Waals surface area contributed by atoms with Gasteiger partial charge in [0.25, 0.3) is 0 Å². The lowest BCUT2D eigenvalue weighted by molar-refractivity contribution is 0.432. The molecule has 1 aliphatic heterocycles. The van der Waals surface area contributed by atoms with Crippen molar-refractivity contribution in [2.24, 2.45) is 0 Å². The van der Waals surface area contributed by atoms with Crippen LogP contribution in [0.5, 0.6) is 0 Å². The number of hydrogen-bond acceptors (Lipinski definition) is 3. The van der Waals surface area contributed by atoms with Gasteiger partial charge in [-0.25, -0.2) is 0 Å². The van der Waals surface area contributed by atoms with E-state index in [9.17, 15) is 0 Å². The van der Waals surface area contributed by atoms with Crippen LogP contribution < -0.4 is 10.6 Å². The Balaban J connectivity index is 0.00000108. The molecule has 1 fully saturated rings. The molecule has 3 rings (SSSR count). The molecule has 1 aromatic heterocycles. The molecule has 0 bridgehead atoms. The van der Waals surface area contributed by atoms with E-state index in [1.807, 2.05) is 12.3 Å². The number of nitrogens with zero attached hydrogens (tertiary/aromatic N) is 1. The number of pyridine rings is 1. The van der Waals surface area contributed by atoms with Gasteiger partial charge in [0.2, 0.25) is 0 Å². The number of hydrogen-bond donors (Lipinski definition) is 2. The number of para-hydroxylation sites is 1. The molecule has 17 heavy (non-hydrogen) atoms. The van der Waals surface area contributed by atoms with Crippen LogP contribution in [0.3, 0.4) is 0 Å². The Bertz CT molecular complexity index is 489. The maximum atomic E-state index is 4.39. The van der Waals surface area contributed by atoms with Crippen molar-refractivity contribution in [3.05, 3.63) is 42.1 Å². The molecule has 90 valence electrons. The van der Waals surface area contributed by atoms with E-state index in [1.165, 1.54) is 10.9 Å². The highest BCUT2D eigenvalue weighted by Gasteiger charge is 2.16. The van der Waals surface area contributed by atoms with Crippen LogP contribution in [0.2, 0.25) is 0 Å². The normalized spacial score (nSPS) is 19.9. The number of nitrogens with one attached hydrogen (secondary N) is 2. The predicted octanol–water partition coefficient (Wildman–Crippen LogP) is 1.89. The molecule has 3 nitrogen and oxygen atoms in total. The van der Waals surface area contributed by atoms with Gasteiger partial charge in [-0.2, -0.15) is 0 Å². The van der Waals surface area contributed by atoms with Gasteiger partial charge in [-0.05, 0) is 17.7 Å². The Morgan fingerprint density at radius 3 is 2.82 bits per heavy atom. The standard InChI is InChI=1S/C13H15N3.ClH/c1-2-4-12-10(3-1)11(5-6-15-12)13-9-14-7-8-16-13;/h1-6,13-14,16H,7-9H2;1H/t13-;/m1./s1. The van der Waals surface area contributed by atoms with Crippen molar-refractivity contribution in [1.29, 1.82) is 0 Å². The third-order valence-electron chi connectivity index (χ3n) is 3.10. The molecule has 0 aliphatic carbocycles. The van der Waals surface area contributed by atoms with E-state index in [0.717, 1.165) is 25.2 Å². The van der Waals surface area contributed by atoms with Crippen molar-refractivity contribution in [3.8, 4) is 0 Å². The van der Waals surface area contributed by atoms with Crippen molar-refractivity contribution in [1.82, 2.24) is 15.6 Å². The van der Waals surface area contributed by atoms with Crippen LogP contribution in [0, 0.1) is 0 Å². The van der Waals surface area contributed by atoms with Gasteiger partial charge in [-0.1, -0.05) is 18.2 Å². The van der Waals surface area contributed by atoms with Crippen molar-refractivity contribution in [3.63, 3.8) is 0 Å². The summed E-state index contributed by atoms with van der Waals surface area (Å²) in [5.74, 6) is 0. The molecule has 0 amide bonds. The maximum absolute atomic E-state index is 4.39.